The summed E-state index contributed by atoms with van der Waals surface area (Å²) in [4.78, 5) is 4.37. The maximum absolute atomic E-state index is 6.03. The van der Waals surface area contributed by atoms with E-state index in [4.69, 9.17) is 4.74 Å². The Morgan fingerprint density at radius 3 is 2.75 bits per heavy atom. The van der Waals surface area contributed by atoms with E-state index in [2.05, 4.69) is 64.1 Å². The lowest BCUT2D eigenvalue weighted by atomic mass is 10.2. The third kappa shape index (κ3) is 2.48. The minimum atomic E-state index is 0.581. The van der Waals surface area contributed by atoms with E-state index < -0.39 is 0 Å². The maximum Gasteiger partial charge on any atom is 0.161 e. The molecule has 0 aromatic heterocycles. The summed E-state index contributed by atoms with van der Waals surface area (Å²) >= 11 is 3.59. The molecule has 0 saturated carbocycles. The zero-order valence-corrected chi connectivity index (χ0v) is 13.2. The molecule has 0 atom stereocenters. The second kappa shape index (κ2) is 5.37. The molecule has 0 radical (unpaired) electrons. The van der Waals surface area contributed by atoms with Crippen molar-refractivity contribution in [3.63, 3.8) is 0 Å². The van der Waals surface area contributed by atoms with E-state index in [0.29, 0.717) is 6.61 Å². The summed E-state index contributed by atoms with van der Waals surface area (Å²) in [6, 6.07) is 10.2. The number of hydrogen-bond acceptors (Lipinski definition) is 3. The normalized spacial score (nSPS) is 17.9. The second-order valence-corrected chi connectivity index (χ2v) is 6.03. The van der Waals surface area contributed by atoms with E-state index >= 15 is 0 Å². The molecule has 1 aromatic rings. The first-order valence-electron chi connectivity index (χ1n) is 6.61. The predicted molar refractivity (Wildman–Crippen MR) is 83.5 cm³/mol. The minimum absolute atomic E-state index is 0.581. The van der Waals surface area contributed by atoms with Gasteiger partial charge in [0.25, 0.3) is 0 Å². The van der Waals surface area contributed by atoms with Gasteiger partial charge in [-0.1, -0.05) is 46.3 Å². The van der Waals surface area contributed by atoms with Crippen LogP contribution in [0.25, 0.3) is 0 Å². The summed E-state index contributed by atoms with van der Waals surface area (Å²) in [6.45, 7) is 3.54. The van der Waals surface area contributed by atoms with E-state index in [1.54, 1.807) is 0 Å². The van der Waals surface area contributed by atoms with Crippen LogP contribution in [0.5, 0.6) is 0 Å². The maximum atomic E-state index is 6.03. The average molecular weight is 333 g/mol. The topological polar surface area (TPSA) is 15.7 Å². The van der Waals surface area contributed by atoms with Gasteiger partial charge in [-0.2, -0.15) is 0 Å². The third-order valence-corrected chi connectivity index (χ3v) is 4.01. The van der Waals surface area contributed by atoms with Gasteiger partial charge in [0.2, 0.25) is 0 Å². The van der Waals surface area contributed by atoms with Crippen LogP contribution in [0.1, 0.15) is 12.5 Å². The van der Waals surface area contributed by atoms with Gasteiger partial charge in [-0.05, 0) is 18.6 Å². The van der Waals surface area contributed by atoms with Gasteiger partial charge in [0.1, 0.15) is 6.61 Å². The smallest absolute Gasteiger partial charge is 0.161 e. The number of rotatable bonds is 3. The molecule has 3 rings (SSSR count). The molecule has 3 nitrogen and oxygen atoms in total. The fourth-order valence-corrected chi connectivity index (χ4v) is 2.90. The first-order chi connectivity index (χ1) is 9.65. The Bertz CT molecular complexity index is 604. The quantitative estimate of drug-likeness (QED) is 0.837. The molecule has 104 valence electrons. The van der Waals surface area contributed by atoms with Crippen LogP contribution >= 0.6 is 15.9 Å². The fraction of sp³-hybridized carbons (Fsp3) is 0.250. The highest BCUT2D eigenvalue weighted by molar-refractivity contribution is 9.11. The van der Waals surface area contributed by atoms with E-state index in [-0.39, 0.29) is 0 Å². The molecule has 2 heterocycles. The molecule has 0 N–H and O–H groups in total. The summed E-state index contributed by atoms with van der Waals surface area (Å²) < 4.78 is 7.16. The van der Waals surface area contributed by atoms with Gasteiger partial charge in [-0.15, -0.1) is 0 Å². The lowest BCUT2D eigenvalue weighted by Crippen LogP contribution is -2.27. The van der Waals surface area contributed by atoms with E-state index in [1.807, 2.05) is 18.2 Å². The average Bonchev–Trinajstić information content (AvgIpc) is 2.72. The summed E-state index contributed by atoms with van der Waals surface area (Å²) in [6.07, 6.45) is 4.22. The Hall–Kier alpha value is -1.68. The highest BCUT2D eigenvalue weighted by Crippen LogP contribution is 2.33. The number of benzene rings is 1. The highest BCUT2D eigenvalue weighted by atomic mass is 79.9. The van der Waals surface area contributed by atoms with Crippen LogP contribution < -0.4 is 0 Å². The summed E-state index contributed by atoms with van der Waals surface area (Å²) in [5.74, 6) is 2.02. The van der Waals surface area contributed by atoms with E-state index in [1.165, 1.54) is 11.3 Å². The van der Waals surface area contributed by atoms with Gasteiger partial charge in [-0.3, -0.25) is 0 Å². The summed E-state index contributed by atoms with van der Waals surface area (Å²) in [5.41, 5.74) is 2.39. The molecule has 1 aromatic carbocycles. The van der Waals surface area contributed by atoms with Crippen LogP contribution in [-0.2, 0) is 11.3 Å². The third-order valence-electron chi connectivity index (χ3n) is 3.53. The van der Waals surface area contributed by atoms with Crippen LogP contribution in [0.2, 0.25) is 0 Å². The van der Waals surface area contributed by atoms with Crippen molar-refractivity contribution in [2.75, 3.05) is 13.6 Å². The van der Waals surface area contributed by atoms with Gasteiger partial charge >= 0.3 is 0 Å². The fourth-order valence-electron chi connectivity index (χ4n) is 2.42. The Labute approximate surface area is 128 Å². The van der Waals surface area contributed by atoms with Crippen molar-refractivity contribution in [1.29, 1.82) is 0 Å². The number of halogens is 1. The minimum Gasteiger partial charge on any atom is -0.485 e. The summed E-state index contributed by atoms with van der Waals surface area (Å²) in [7, 11) is 2.07. The van der Waals surface area contributed by atoms with Crippen molar-refractivity contribution in [2.24, 2.45) is 0 Å². The van der Waals surface area contributed by atoms with Crippen LogP contribution in [0, 0.1) is 0 Å². The molecule has 0 saturated heterocycles. The van der Waals surface area contributed by atoms with Gasteiger partial charge < -0.3 is 14.5 Å². The highest BCUT2D eigenvalue weighted by Gasteiger charge is 2.28. The zero-order chi connectivity index (χ0) is 14.1. The van der Waals surface area contributed by atoms with Crippen molar-refractivity contribution >= 4 is 15.9 Å². The molecule has 2 aliphatic rings. The Morgan fingerprint density at radius 2 is 2.00 bits per heavy atom. The molecule has 0 spiro atoms. The lowest BCUT2D eigenvalue weighted by molar-refractivity contribution is 0.186. The SMILES string of the molecule is CC1=CN2CC(Br)=CC(OCc3ccccc3)=C2N1C. The lowest BCUT2D eigenvalue weighted by Gasteiger charge is -2.28. The van der Waals surface area contributed by atoms with Crippen LogP contribution in [0.15, 0.2) is 64.4 Å². The molecule has 0 amide bonds. The number of hydrogen-bond donors (Lipinski definition) is 0. The molecule has 2 aliphatic heterocycles. The summed E-state index contributed by atoms with van der Waals surface area (Å²) in [5, 5.41) is 0. The van der Waals surface area contributed by atoms with Crippen LogP contribution in [-0.4, -0.2) is 23.4 Å². The van der Waals surface area contributed by atoms with Gasteiger partial charge in [0.05, 0.1) is 6.54 Å². The van der Waals surface area contributed by atoms with Crippen molar-refractivity contribution in [3.8, 4) is 0 Å². The largest absolute Gasteiger partial charge is 0.485 e. The van der Waals surface area contributed by atoms with Gasteiger partial charge in [-0.25, -0.2) is 0 Å². The predicted octanol–water partition coefficient (Wildman–Crippen LogP) is 3.77. The molecule has 0 bridgehead atoms. The van der Waals surface area contributed by atoms with Gasteiger partial charge in [0, 0.05) is 23.4 Å². The van der Waals surface area contributed by atoms with Gasteiger partial charge in [0.15, 0.2) is 11.6 Å². The number of allylic oxidation sites excluding steroid dienone is 2. The van der Waals surface area contributed by atoms with E-state index in [9.17, 15) is 0 Å². The number of fused-ring (bicyclic) bond motifs is 1. The number of nitrogens with zero attached hydrogens (tertiary/aromatic N) is 2. The molecule has 20 heavy (non-hydrogen) atoms. The second-order valence-electron chi connectivity index (χ2n) is 5.01. The first-order valence-corrected chi connectivity index (χ1v) is 7.40. The zero-order valence-electron chi connectivity index (χ0n) is 11.6. The van der Waals surface area contributed by atoms with Crippen molar-refractivity contribution in [2.45, 2.75) is 13.5 Å². The van der Waals surface area contributed by atoms with E-state index in [0.717, 1.165) is 22.6 Å². The van der Waals surface area contributed by atoms with Crippen molar-refractivity contribution in [3.05, 3.63) is 69.9 Å². The standard InChI is InChI=1S/C16H17BrN2O/c1-12-9-19-10-14(17)8-15(16(19)18(12)2)20-11-13-6-4-3-5-7-13/h3-9H,10-11H2,1-2H3. The number of ether oxygens (including phenoxy) is 1. The molecule has 0 aliphatic carbocycles. The molecule has 4 heteroatoms. The van der Waals surface area contributed by atoms with Crippen LogP contribution in [0.4, 0.5) is 0 Å². The Balaban J connectivity index is 1.83. The monoisotopic (exact) mass is 332 g/mol. The molecule has 0 unspecified atom stereocenters. The Morgan fingerprint density at radius 1 is 1.25 bits per heavy atom. The first kappa shape index (κ1) is 13.3. The van der Waals surface area contributed by atoms with Crippen molar-refractivity contribution in [1.82, 2.24) is 9.80 Å². The van der Waals surface area contributed by atoms with Crippen LogP contribution in [0.3, 0.4) is 0 Å². The Kier molecular flexibility index (Phi) is 3.57. The molecule has 0 fully saturated rings. The molecular formula is C16H17BrN2O. The molecular weight excluding hydrogens is 316 g/mol. The van der Waals surface area contributed by atoms with Crippen molar-refractivity contribution < 1.29 is 4.74 Å².